The lowest BCUT2D eigenvalue weighted by atomic mass is 10.0. The van der Waals surface area contributed by atoms with E-state index < -0.39 is 20.2 Å². The van der Waals surface area contributed by atoms with Crippen LogP contribution in [-0.4, -0.2) is 83.6 Å². The second-order valence-corrected chi connectivity index (χ2v) is 17.7. The predicted molar refractivity (Wildman–Crippen MR) is 229 cm³/mol. The van der Waals surface area contributed by atoms with Crippen LogP contribution < -0.4 is 0 Å². The van der Waals surface area contributed by atoms with E-state index in [1.807, 2.05) is 20.8 Å². The van der Waals surface area contributed by atoms with Crippen LogP contribution in [0.15, 0.2) is 74.4 Å². The van der Waals surface area contributed by atoms with Crippen LogP contribution in [0.5, 0.6) is 0 Å². The Morgan fingerprint density at radius 2 is 1.00 bits per heavy atom. The predicted octanol–water partition coefficient (Wildman–Crippen LogP) is 7.97. The molecule has 0 unspecified atom stereocenters. The van der Waals surface area contributed by atoms with Crippen molar-refractivity contribution in [2.45, 2.75) is 134 Å². The molecule has 322 valence electrons. The molecule has 0 spiro atoms. The monoisotopic (exact) mass is 852 g/mol. The lowest BCUT2D eigenvalue weighted by molar-refractivity contribution is 0.319. The Labute approximate surface area is 349 Å². The number of rotatable bonds is 8. The van der Waals surface area contributed by atoms with Crippen molar-refractivity contribution in [3.63, 3.8) is 0 Å². The maximum atomic E-state index is 10.5. The summed E-state index contributed by atoms with van der Waals surface area (Å²) in [6, 6.07) is 14.5. The van der Waals surface area contributed by atoms with Gasteiger partial charge in [-0.15, -0.1) is 0 Å². The molecule has 4 aromatic rings. The highest BCUT2D eigenvalue weighted by Gasteiger charge is 2.31. The zero-order chi connectivity index (χ0) is 42.6. The van der Waals surface area contributed by atoms with E-state index in [0.717, 1.165) is 56.1 Å². The van der Waals surface area contributed by atoms with Gasteiger partial charge in [0.25, 0.3) is 20.2 Å². The summed E-state index contributed by atoms with van der Waals surface area (Å²) in [6.45, 7) is 13.3. The van der Waals surface area contributed by atoms with Crippen LogP contribution in [0.4, 0.5) is 0 Å². The van der Waals surface area contributed by atoms with Gasteiger partial charge in [0.05, 0.1) is 46.5 Å². The summed E-state index contributed by atoms with van der Waals surface area (Å²) in [5.74, 6) is 1.64. The fraction of sp³-hybridized carbons (Fsp3) is 0.535. The molecule has 16 heteroatoms. The number of benzene rings is 2. The van der Waals surface area contributed by atoms with Crippen molar-refractivity contribution in [2.75, 3.05) is 26.3 Å². The van der Waals surface area contributed by atoms with Crippen molar-refractivity contribution in [1.29, 1.82) is 0 Å². The highest BCUT2D eigenvalue weighted by atomic mass is 32.2. The molecule has 59 heavy (non-hydrogen) atoms. The number of nitrogens with zero attached hydrogens (tertiary/aromatic N) is 6. The quantitative estimate of drug-likeness (QED) is 0.165. The summed E-state index contributed by atoms with van der Waals surface area (Å²) >= 11 is 0. The molecule has 4 aliphatic rings. The maximum absolute atomic E-state index is 10.5. The zero-order valence-electron chi connectivity index (χ0n) is 35.0. The molecule has 2 saturated carbocycles. The molecule has 2 fully saturated rings. The molecule has 0 amide bonds. The first-order valence-corrected chi connectivity index (χ1v) is 23.8. The Hall–Kier alpha value is -4.38. The van der Waals surface area contributed by atoms with Crippen LogP contribution in [0.25, 0.3) is 0 Å². The van der Waals surface area contributed by atoms with E-state index in [0.29, 0.717) is 25.3 Å². The van der Waals surface area contributed by atoms with E-state index in [1.165, 1.54) is 110 Å². The largest absolute Gasteiger partial charge is 0.477 e. The average molecular weight is 853 g/mol. The van der Waals surface area contributed by atoms with Crippen LogP contribution in [0.2, 0.25) is 0 Å². The van der Waals surface area contributed by atoms with Gasteiger partial charge in [-0.3, -0.25) is 18.5 Å². The van der Waals surface area contributed by atoms with E-state index in [1.54, 1.807) is 30.3 Å². The SMILES string of the molecule is CCOC1=NCCc2c(CC)nn(C3CCCC3)c21.CCOC1=NCCc2c(CC)nn(C3CCCC3)c21.Cc1ccc(S(=O)(=O)O)cc1.O=S(=O)(O)c1ccccc1. The van der Waals surface area contributed by atoms with Crippen LogP contribution in [0.3, 0.4) is 0 Å². The summed E-state index contributed by atoms with van der Waals surface area (Å²) in [7, 11) is -8.02. The van der Waals surface area contributed by atoms with Crippen molar-refractivity contribution in [3.8, 4) is 0 Å². The lowest BCUT2D eigenvalue weighted by Crippen LogP contribution is -2.22. The van der Waals surface area contributed by atoms with Gasteiger partial charge in [-0.1, -0.05) is 75.4 Å². The summed E-state index contributed by atoms with van der Waals surface area (Å²) < 4.78 is 74.8. The fourth-order valence-corrected chi connectivity index (χ4v) is 8.88. The molecule has 0 saturated heterocycles. The molecule has 2 aliphatic carbocycles. The first-order chi connectivity index (χ1) is 28.3. The Morgan fingerprint density at radius 3 is 1.34 bits per heavy atom. The zero-order valence-corrected chi connectivity index (χ0v) is 36.6. The van der Waals surface area contributed by atoms with E-state index >= 15 is 0 Å². The second-order valence-electron chi connectivity index (χ2n) is 14.8. The Kier molecular flexibility index (Phi) is 16.4. The molecule has 2 N–H and O–H groups in total. The van der Waals surface area contributed by atoms with Gasteiger partial charge in [0, 0.05) is 24.2 Å². The van der Waals surface area contributed by atoms with Crippen LogP contribution in [-0.2, 0) is 55.4 Å². The standard InChI is InChI=1S/2C15H23N3O.C7H8O3S.C6H6O3S/c2*1-3-13-12-9-10-16-15(19-4-2)14(12)18(17-13)11-7-5-6-8-11;1-6-2-4-7(5-3-6)11(8,9)10;7-10(8,9)6-4-2-1-3-5-6/h2*11H,3-10H2,1-2H3;2-5H,1H3,(H,8,9,10);1-5H,(H,7,8,9). The summed E-state index contributed by atoms with van der Waals surface area (Å²) in [6.07, 6.45) is 14.3. The number of aliphatic imine (C=N–C) groups is 2. The minimum absolute atomic E-state index is 0.0666. The molecular weight excluding hydrogens is 793 g/mol. The Balaban J connectivity index is 0.000000156. The van der Waals surface area contributed by atoms with Gasteiger partial charge in [-0.05, 0) is 96.4 Å². The van der Waals surface area contributed by atoms with Gasteiger partial charge in [-0.25, -0.2) is 9.98 Å². The summed E-state index contributed by atoms with van der Waals surface area (Å²) in [4.78, 5) is 9.01. The third kappa shape index (κ3) is 11.9. The average Bonchev–Trinajstić information content (AvgIpc) is 4.06. The number of aryl methyl sites for hydroxylation is 3. The highest BCUT2D eigenvalue weighted by Crippen LogP contribution is 2.35. The smallest absolute Gasteiger partial charge is 0.294 e. The second kappa shape index (κ2) is 21.2. The minimum atomic E-state index is -4.02. The highest BCUT2D eigenvalue weighted by molar-refractivity contribution is 7.86. The third-order valence-corrected chi connectivity index (χ3v) is 12.5. The Morgan fingerprint density at radius 1 is 0.610 bits per heavy atom. The maximum Gasteiger partial charge on any atom is 0.294 e. The van der Waals surface area contributed by atoms with Crippen molar-refractivity contribution < 1.29 is 35.4 Å². The van der Waals surface area contributed by atoms with Crippen molar-refractivity contribution in [1.82, 2.24) is 19.6 Å². The first-order valence-electron chi connectivity index (χ1n) is 20.9. The molecule has 0 atom stereocenters. The molecule has 4 heterocycles. The number of ether oxygens (including phenoxy) is 2. The molecular formula is C43H60N6O8S2. The number of hydrogen-bond donors (Lipinski definition) is 2. The van der Waals surface area contributed by atoms with Gasteiger partial charge in [0.2, 0.25) is 11.8 Å². The number of fused-ring (bicyclic) bond motifs is 2. The number of aromatic nitrogens is 4. The summed E-state index contributed by atoms with van der Waals surface area (Å²) in [5.41, 5.74) is 8.56. The van der Waals surface area contributed by atoms with Crippen LogP contribution in [0.1, 0.15) is 131 Å². The van der Waals surface area contributed by atoms with E-state index in [-0.39, 0.29) is 9.79 Å². The normalized spacial score (nSPS) is 16.5. The van der Waals surface area contributed by atoms with Gasteiger partial charge >= 0.3 is 0 Å². The summed E-state index contributed by atoms with van der Waals surface area (Å²) in [5, 5.41) is 9.76. The van der Waals surface area contributed by atoms with Crippen molar-refractivity contribution >= 4 is 32.0 Å². The third-order valence-electron chi connectivity index (χ3n) is 10.8. The van der Waals surface area contributed by atoms with Crippen molar-refractivity contribution in [3.05, 3.63) is 94.1 Å². The van der Waals surface area contributed by atoms with E-state index in [4.69, 9.17) is 28.8 Å². The molecule has 14 nitrogen and oxygen atoms in total. The molecule has 8 rings (SSSR count). The molecule has 0 bridgehead atoms. The fourth-order valence-electron chi connectivity index (χ4n) is 7.90. The lowest BCUT2D eigenvalue weighted by Gasteiger charge is -2.19. The topological polar surface area (TPSA) is 188 Å². The Bertz CT molecular complexity index is 2170. The van der Waals surface area contributed by atoms with E-state index in [9.17, 15) is 16.8 Å². The van der Waals surface area contributed by atoms with Crippen LogP contribution in [0, 0.1) is 6.92 Å². The van der Waals surface area contributed by atoms with E-state index in [2.05, 4.69) is 33.2 Å². The first kappa shape index (κ1) is 45.7. The van der Waals surface area contributed by atoms with Gasteiger partial charge in [0.15, 0.2) is 0 Å². The van der Waals surface area contributed by atoms with Gasteiger partial charge < -0.3 is 9.47 Å². The molecule has 2 aromatic carbocycles. The van der Waals surface area contributed by atoms with Gasteiger partial charge in [0.1, 0.15) is 11.4 Å². The number of hydrogen-bond acceptors (Lipinski definition) is 10. The minimum Gasteiger partial charge on any atom is -0.477 e. The molecule has 2 aliphatic heterocycles. The van der Waals surface area contributed by atoms with Gasteiger partial charge in [-0.2, -0.15) is 27.0 Å². The van der Waals surface area contributed by atoms with Crippen LogP contribution >= 0.6 is 0 Å². The van der Waals surface area contributed by atoms with Crippen molar-refractivity contribution in [2.24, 2.45) is 9.98 Å². The molecule has 2 aromatic heterocycles. The molecule has 0 radical (unpaired) electrons.